The highest BCUT2D eigenvalue weighted by molar-refractivity contribution is 7.89. The van der Waals surface area contributed by atoms with Gasteiger partial charge in [-0.15, -0.1) is 0 Å². The van der Waals surface area contributed by atoms with Crippen LogP contribution in [0.15, 0.2) is 28.0 Å². The lowest BCUT2D eigenvalue weighted by Gasteiger charge is -2.13. The van der Waals surface area contributed by atoms with E-state index in [9.17, 15) is 22.8 Å². The molecule has 0 radical (unpaired) electrons. The van der Waals surface area contributed by atoms with Crippen molar-refractivity contribution in [2.75, 3.05) is 20.6 Å². The summed E-state index contributed by atoms with van der Waals surface area (Å²) in [4.78, 5) is 35.2. The topological polar surface area (TPSA) is 118 Å². The number of carbonyl (C=O) groups is 2. The number of sulfonamides is 1. The monoisotopic (exact) mass is 372 g/mol. The van der Waals surface area contributed by atoms with E-state index in [2.05, 4.69) is 10.6 Å². The summed E-state index contributed by atoms with van der Waals surface area (Å²) >= 11 is 0. The Kier molecular flexibility index (Phi) is 7.31. The molecule has 1 rings (SSSR count). The highest BCUT2D eigenvalue weighted by Crippen LogP contribution is 2.10. The lowest BCUT2D eigenvalue weighted by molar-refractivity contribution is -0.120. The molecule has 25 heavy (non-hydrogen) atoms. The summed E-state index contributed by atoms with van der Waals surface area (Å²) in [5.41, 5.74) is -0.548. The number of amides is 3. The number of hydrogen-bond donors (Lipinski definition) is 2. The van der Waals surface area contributed by atoms with Crippen molar-refractivity contribution < 1.29 is 18.0 Å². The van der Waals surface area contributed by atoms with Gasteiger partial charge in [0.15, 0.2) is 0 Å². The number of aromatic nitrogens is 1. The number of hydrogen-bond acceptors (Lipinski definition) is 5. The summed E-state index contributed by atoms with van der Waals surface area (Å²) in [7, 11) is -1.01. The fourth-order valence-corrected chi connectivity index (χ4v) is 2.76. The molecule has 0 aliphatic rings. The lowest BCUT2D eigenvalue weighted by Crippen LogP contribution is -2.42. The van der Waals surface area contributed by atoms with Gasteiger partial charge in [-0.25, -0.2) is 17.5 Å². The van der Waals surface area contributed by atoms with Gasteiger partial charge in [-0.05, 0) is 18.4 Å². The fraction of sp³-hybridized carbons (Fsp3) is 0.533. The van der Waals surface area contributed by atoms with E-state index in [0.717, 1.165) is 27.6 Å². The zero-order chi connectivity index (χ0) is 19.2. The Hall–Kier alpha value is -2.20. The SMILES string of the molecule is CC(C)CCNC(=O)NC(=O)Cn1cc(S(=O)(=O)N(C)C)ccc1=O. The Morgan fingerprint density at radius 2 is 1.88 bits per heavy atom. The molecule has 0 aliphatic heterocycles. The zero-order valence-electron chi connectivity index (χ0n) is 14.8. The van der Waals surface area contributed by atoms with Crippen LogP contribution in [-0.2, 0) is 21.4 Å². The van der Waals surface area contributed by atoms with Gasteiger partial charge in [0.1, 0.15) is 6.54 Å². The number of nitrogens with zero attached hydrogens (tertiary/aromatic N) is 2. The van der Waals surface area contributed by atoms with Gasteiger partial charge in [0, 0.05) is 32.9 Å². The summed E-state index contributed by atoms with van der Waals surface area (Å²) in [5.74, 6) is -0.306. The number of carbonyl (C=O) groups excluding carboxylic acids is 2. The molecular weight excluding hydrogens is 348 g/mol. The molecule has 0 aromatic carbocycles. The molecule has 1 aromatic rings. The molecule has 0 spiro atoms. The molecule has 0 saturated carbocycles. The van der Waals surface area contributed by atoms with Gasteiger partial charge >= 0.3 is 6.03 Å². The normalized spacial score (nSPS) is 11.6. The first-order valence-electron chi connectivity index (χ1n) is 7.74. The molecule has 9 nitrogen and oxygen atoms in total. The molecule has 10 heteroatoms. The van der Waals surface area contributed by atoms with Crippen LogP contribution in [0, 0.1) is 5.92 Å². The zero-order valence-corrected chi connectivity index (χ0v) is 15.6. The number of nitrogens with one attached hydrogen (secondary N) is 2. The molecule has 0 fully saturated rings. The van der Waals surface area contributed by atoms with Gasteiger partial charge in [0.25, 0.3) is 5.56 Å². The van der Waals surface area contributed by atoms with Crippen molar-refractivity contribution in [3.63, 3.8) is 0 Å². The van der Waals surface area contributed by atoms with E-state index in [1.165, 1.54) is 20.2 Å². The van der Waals surface area contributed by atoms with E-state index in [1.54, 1.807) is 0 Å². The van der Waals surface area contributed by atoms with Gasteiger partial charge in [0.05, 0.1) is 4.90 Å². The molecule has 140 valence electrons. The Balaban J connectivity index is 2.78. The lowest BCUT2D eigenvalue weighted by atomic mass is 10.1. The molecular formula is C15H24N4O5S. The Morgan fingerprint density at radius 3 is 2.44 bits per heavy atom. The molecule has 0 atom stereocenters. The Morgan fingerprint density at radius 1 is 1.24 bits per heavy atom. The number of urea groups is 1. The van der Waals surface area contributed by atoms with Crippen molar-refractivity contribution in [1.82, 2.24) is 19.5 Å². The van der Waals surface area contributed by atoms with Gasteiger partial charge in [-0.1, -0.05) is 13.8 Å². The smallest absolute Gasteiger partial charge is 0.321 e. The maximum atomic E-state index is 12.1. The quantitative estimate of drug-likeness (QED) is 0.697. The average Bonchev–Trinajstić information content (AvgIpc) is 2.48. The molecule has 0 saturated heterocycles. The third-order valence-electron chi connectivity index (χ3n) is 3.31. The minimum absolute atomic E-state index is 0.119. The van der Waals surface area contributed by atoms with Crippen molar-refractivity contribution in [1.29, 1.82) is 0 Å². The van der Waals surface area contributed by atoms with Gasteiger partial charge in [-0.2, -0.15) is 0 Å². The predicted octanol–water partition coefficient (Wildman–Crippen LogP) is -0.0295. The van der Waals surface area contributed by atoms with Gasteiger partial charge in [-0.3, -0.25) is 14.9 Å². The predicted molar refractivity (Wildman–Crippen MR) is 92.6 cm³/mol. The summed E-state index contributed by atoms with van der Waals surface area (Å²) < 4.78 is 26.1. The number of imide groups is 1. The summed E-state index contributed by atoms with van der Waals surface area (Å²) in [6, 6.07) is 1.58. The minimum atomic E-state index is -3.73. The highest BCUT2D eigenvalue weighted by atomic mass is 32.2. The Labute approximate surface area is 147 Å². The van der Waals surface area contributed by atoms with Crippen molar-refractivity contribution in [3.8, 4) is 0 Å². The minimum Gasteiger partial charge on any atom is -0.338 e. The second-order valence-corrected chi connectivity index (χ2v) is 8.26. The van der Waals surface area contributed by atoms with E-state index >= 15 is 0 Å². The van der Waals surface area contributed by atoms with E-state index in [1.807, 2.05) is 13.8 Å². The second kappa shape index (κ2) is 8.77. The van der Waals surface area contributed by atoms with Crippen LogP contribution in [0.25, 0.3) is 0 Å². The van der Waals surface area contributed by atoms with Crippen LogP contribution < -0.4 is 16.2 Å². The maximum absolute atomic E-state index is 12.1. The number of rotatable bonds is 7. The largest absolute Gasteiger partial charge is 0.338 e. The van der Waals surface area contributed by atoms with Crippen LogP contribution in [0.2, 0.25) is 0 Å². The van der Waals surface area contributed by atoms with Crippen LogP contribution in [0.1, 0.15) is 20.3 Å². The summed E-state index contributed by atoms with van der Waals surface area (Å²) in [6.07, 6.45) is 1.85. The van der Waals surface area contributed by atoms with E-state index in [0.29, 0.717) is 12.5 Å². The molecule has 1 aromatic heterocycles. The molecule has 0 aliphatic carbocycles. The molecule has 0 unspecified atom stereocenters. The van der Waals surface area contributed by atoms with Crippen molar-refractivity contribution in [2.45, 2.75) is 31.7 Å². The molecule has 2 N–H and O–H groups in total. The maximum Gasteiger partial charge on any atom is 0.321 e. The number of pyridine rings is 1. The Bertz CT molecular complexity index is 783. The van der Waals surface area contributed by atoms with Crippen LogP contribution in [-0.4, -0.2) is 49.9 Å². The van der Waals surface area contributed by atoms with Crippen molar-refractivity contribution >= 4 is 22.0 Å². The average molecular weight is 372 g/mol. The fourth-order valence-electron chi connectivity index (χ4n) is 1.84. The third-order valence-corrected chi connectivity index (χ3v) is 5.11. The van der Waals surface area contributed by atoms with Crippen LogP contribution in [0.5, 0.6) is 0 Å². The second-order valence-electron chi connectivity index (χ2n) is 6.10. The van der Waals surface area contributed by atoms with E-state index in [4.69, 9.17) is 0 Å². The van der Waals surface area contributed by atoms with Crippen molar-refractivity contribution in [3.05, 3.63) is 28.7 Å². The van der Waals surface area contributed by atoms with Gasteiger partial charge < -0.3 is 9.88 Å². The molecule has 3 amide bonds. The van der Waals surface area contributed by atoms with Crippen LogP contribution in [0.3, 0.4) is 0 Å². The van der Waals surface area contributed by atoms with E-state index in [-0.39, 0.29) is 4.90 Å². The van der Waals surface area contributed by atoms with E-state index < -0.39 is 34.1 Å². The van der Waals surface area contributed by atoms with Gasteiger partial charge in [0.2, 0.25) is 15.9 Å². The summed E-state index contributed by atoms with van der Waals surface area (Å²) in [6.45, 7) is 3.97. The highest BCUT2D eigenvalue weighted by Gasteiger charge is 2.19. The molecule has 0 bridgehead atoms. The third kappa shape index (κ3) is 6.31. The first-order chi connectivity index (χ1) is 11.5. The van der Waals surface area contributed by atoms with Crippen LogP contribution in [0.4, 0.5) is 4.79 Å². The first kappa shape index (κ1) is 20.8. The molecule has 1 heterocycles. The van der Waals surface area contributed by atoms with Crippen molar-refractivity contribution in [2.24, 2.45) is 5.92 Å². The van der Waals surface area contributed by atoms with Crippen LogP contribution >= 0.6 is 0 Å². The summed E-state index contributed by atoms with van der Waals surface area (Å²) in [5, 5.41) is 4.64. The first-order valence-corrected chi connectivity index (χ1v) is 9.18. The standard InChI is InChI=1S/C15H24N4O5S/c1-11(2)7-8-16-15(22)17-13(20)10-19-9-12(5-6-14(19)21)25(23,24)18(3)4/h5-6,9,11H,7-8,10H2,1-4H3,(H2,16,17,20,22).